The summed E-state index contributed by atoms with van der Waals surface area (Å²) in [4.78, 5) is 0. The van der Waals surface area contributed by atoms with E-state index < -0.39 is 0 Å². The lowest BCUT2D eigenvalue weighted by Crippen LogP contribution is -1.89. The minimum atomic E-state index is 0.961. The first-order valence-corrected chi connectivity index (χ1v) is 6.94. The van der Waals surface area contributed by atoms with E-state index in [2.05, 4.69) is 47.8 Å². The molecule has 1 heterocycles. The normalized spacial score (nSPS) is 13.4. The number of benzene rings is 2. The Morgan fingerprint density at radius 2 is 1.85 bits per heavy atom. The molecule has 1 N–H and O–H groups in total. The van der Waals surface area contributed by atoms with Crippen molar-refractivity contribution in [2.75, 3.05) is 5.32 Å². The van der Waals surface area contributed by atoms with Gasteiger partial charge in [0.1, 0.15) is 11.3 Å². The number of allylic oxidation sites excluding steroid dienone is 1. The fraction of sp³-hybridized carbons (Fsp3) is 0.111. The van der Waals surface area contributed by atoms with Crippen LogP contribution in [0.1, 0.15) is 17.7 Å². The van der Waals surface area contributed by atoms with E-state index in [0.29, 0.717) is 0 Å². The topological polar surface area (TPSA) is 25.2 Å². The molecule has 1 aromatic heterocycles. The molecule has 0 unspecified atom stereocenters. The Bertz CT molecular complexity index is 784. The SMILES string of the molecule is C1=Cc2c(oc3cc(Nc4ccccc4)ccc23)CC1. The minimum absolute atomic E-state index is 0.961. The first kappa shape index (κ1) is 11.4. The van der Waals surface area contributed by atoms with Gasteiger partial charge in [-0.05, 0) is 30.7 Å². The Balaban J connectivity index is 1.74. The van der Waals surface area contributed by atoms with Crippen LogP contribution >= 0.6 is 0 Å². The summed E-state index contributed by atoms with van der Waals surface area (Å²) in [7, 11) is 0. The highest BCUT2D eigenvalue weighted by Crippen LogP contribution is 2.33. The zero-order valence-electron chi connectivity index (χ0n) is 11.1. The van der Waals surface area contributed by atoms with Gasteiger partial charge in [-0.15, -0.1) is 0 Å². The van der Waals surface area contributed by atoms with Crippen molar-refractivity contribution in [3.05, 3.63) is 65.9 Å². The molecule has 3 aromatic rings. The Morgan fingerprint density at radius 1 is 0.950 bits per heavy atom. The number of para-hydroxylation sites is 1. The van der Waals surface area contributed by atoms with Crippen molar-refractivity contribution in [1.29, 1.82) is 0 Å². The fourth-order valence-electron chi connectivity index (χ4n) is 2.72. The highest BCUT2D eigenvalue weighted by atomic mass is 16.3. The van der Waals surface area contributed by atoms with Gasteiger partial charge < -0.3 is 9.73 Å². The predicted molar refractivity (Wildman–Crippen MR) is 83.3 cm³/mol. The molecule has 2 aromatic carbocycles. The van der Waals surface area contributed by atoms with Gasteiger partial charge in [-0.3, -0.25) is 0 Å². The van der Waals surface area contributed by atoms with Crippen LogP contribution in [0.5, 0.6) is 0 Å². The quantitative estimate of drug-likeness (QED) is 0.691. The van der Waals surface area contributed by atoms with Crippen LogP contribution in [0, 0.1) is 0 Å². The van der Waals surface area contributed by atoms with Gasteiger partial charge in [0.25, 0.3) is 0 Å². The van der Waals surface area contributed by atoms with E-state index in [1.165, 1.54) is 10.9 Å². The highest BCUT2D eigenvalue weighted by Gasteiger charge is 2.14. The Morgan fingerprint density at radius 3 is 2.75 bits per heavy atom. The summed E-state index contributed by atoms with van der Waals surface area (Å²) in [6, 6.07) is 16.5. The Kier molecular flexibility index (Phi) is 2.59. The van der Waals surface area contributed by atoms with Gasteiger partial charge in [0.05, 0.1) is 0 Å². The predicted octanol–water partition coefficient (Wildman–Crippen LogP) is 5.14. The van der Waals surface area contributed by atoms with Crippen LogP contribution in [0.15, 0.2) is 59.0 Å². The summed E-state index contributed by atoms with van der Waals surface area (Å²) < 4.78 is 5.98. The summed E-state index contributed by atoms with van der Waals surface area (Å²) >= 11 is 0. The maximum Gasteiger partial charge on any atom is 0.136 e. The molecule has 0 amide bonds. The second kappa shape index (κ2) is 4.57. The molecule has 98 valence electrons. The van der Waals surface area contributed by atoms with Crippen molar-refractivity contribution in [2.45, 2.75) is 12.8 Å². The summed E-state index contributed by atoms with van der Waals surface area (Å²) in [6.45, 7) is 0. The van der Waals surface area contributed by atoms with Gasteiger partial charge in [-0.25, -0.2) is 0 Å². The van der Waals surface area contributed by atoms with Crippen molar-refractivity contribution >= 4 is 28.4 Å². The number of hydrogen-bond donors (Lipinski definition) is 1. The molecule has 0 bridgehead atoms. The number of fused-ring (bicyclic) bond motifs is 3. The molecule has 20 heavy (non-hydrogen) atoms. The Labute approximate surface area is 117 Å². The maximum atomic E-state index is 5.98. The standard InChI is InChI=1S/C18H15NO/c1-2-6-13(7-3-1)19-14-10-11-16-15-8-4-5-9-17(15)20-18(16)12-14/h1-4,6-8,10-12,19H,5,9H2. The lowest BCUT2D eigenvalue weighted by molar-refractivity contribution is 0.546. The van der Waals surface area contributed by atoms with Crippen LogP contribution in [0.25, 0.3) is 17.0 Å². The van der Waals surface area contributed by atoms with E-state index in [4.69, 9.17) is 4.42 Å². The van der Waals surface area contributed by atoms with Gasteiger partial charge in [0.15, 0.2) is 0 Å². The average molecular weight is 261 g/mol. The number of aryl methyl sites for hydroxylation is 1. The fourth-order valence-corrected chi connectivity index (χ4v) is 2.72. The van der Waals surface area contributed by atoms with Crippen LogP contribution in [-0.4, -0.2) is 0 Å². The zero-order valence-corrected chi connectivity index (χ0v) is 11.1. The van der Waals surface area contributed by atoms with Gasteiger partial charge in [-0.2, -0.15) is 0 Å². The number of furan rings is 1. The van der Waals surface area contributed by atoms with Crippen LogP contribution in [0.2, 0.25) is 0 Å². The molecular formula is C18H15NO. The summed E-state index contributed by atoms with van der Waals surface area (Å²) in [5.41, 5.74) is 4.35. The first-order valence-electron chi connectivity index (χ1n) is 6.94. The van der Waals surface area contributed by atoms with Crippen molar-refractivity contribution in [2.24, 2.45) is 0 Å². The third kappa shape index (κ3) is 1.90. The maximum absolute atomic E-state index is 5.98. The van der Waals surface area contributed by atoms with E-state index >= 15 is 0 Å². The summed E-state index contributed by atoms with van der Waals surface area (Å²) in [6.07, 6.45) is 6.46. The monoisotopic (exact) mass is 261 g/mol. The van der Waals surface area contributed by atoms with Crippen molar-refractivity contribution < 1.29 is 4.42 Å². The van der Waals surface area contributed by atoms with Crippen LogP contribution < -0.4 is 5.32 Å². The van der Waals surface area contributed by atoms with E-state index in [-0.39, 0.29) is 0 Å². The van der Waals surface area contributed by atoms with Crippen LogP contribution in [0.4, 0.5) is 11.4 Å². The van der Waals surface area contributed by atoms with E-state index in [9.17, 15) is 0 Å². The van der Waals surface area contributed by atoms with E-state index in [1.54, 1.807) is 0 Å². The molecule has 0 radical (unpaired) electrons. The number of rotatable bonds is 2. The van der Waals surface area contributed by atoms with Gasteiger partial charge >= 0.3 is 0 Å². The lowest BCUT2D eigenvalue weighted by atomic mass is 10.0. The van der Waals surface area contributed by atoms with Crippen LogP contribution in [-0.2, 0) is 6.42 Å². The summed E-state index contributed by atoms with van der Waals surface area (Å²) in [5.74, 6) is 1.11. The number of hydrogen-bond acceptors (Lipinski definition) is 2. The molecular weight excluding hydrogens is 246 g/mol. The highest BCUT2D eigenvalue weighted by molar-refractivity contribution is 5.91. The smallest absolute Gasteiger partial charge is 0.136 e. The molecule has 2 heteroatoms. The molecule has 4 rings (SSSR count). The average Bonchev–Trinajstić information content (AvgIpc) is 2.86. The van der Waals surface area contributed by atoms with E-state index in [1.807, 2.05) is 18.2 Å². The third-order valence-corrected chi connectivity index (χ3v) is 3.69. The molecule has 0 spiro atoms. The minimum Gasteiger partial charge on any atom is -0.460 e. The number of anilines is 2. The first-order chi connectivity index (χ1) is 9.90. The Hall–Kier alpha value is -2.48. The van der Waals surface area contributed by atoms with Crippen molar-refractivity contribution in [3.8, 4) is 0 Å². The molecule has 1 aliphatic rings. The van der Waals surface area contributed by atoms with E-state index in [0.717, 1.165) is 35.6 Å². The molecule has 1 aliphatic carbocycles. The third-order valence-electron chi connectivity index (χ3n) is 3.69. The molecule has 2 nitrogen and oxygen atoms in total. The largest absolute Gasteiger partial charge is 0.460 e. The van der Waals surface area contributed by atoms with Crippen molar-refractivity contribution in [3.63, 3.8) is 0 Å². The van der Waals surface area contributed by atoms with Crippen molar-refractivity contribution in [1.82, 2.24) is 0 Å². The second-order valence-electron chi connectivity index (χ2n) is 5.08. The summed E-state index contributed by atoms with van der Waals surface area (Å²) in [5, 5.41) is 4.60. The van der Waals surface area contributed by atoms with Gasteiger partial charge in [-0.1, -0.05) is 30.4 Å². The van der Waals surface area contributed by atoms with Gasteiger partial charge in [0.2, 0.25) is 0 Å². The molecule has 0 saturated heterocycles. The zero-order chi connectivity index (χ0) is 13.4. The van der Waals surface area contributed by atoms with Gasteiger partial charge in [0, 0.05) is 34.8 Å². The molecule has 0 aliphatic heterocycles. The molecule has 0 saturated carbocycles. The molecule has 0 fully saturated rings. The number of nitrogens with one attached hydrogen (secondary N) is 1. The molecule has 0 atom stereocenters. The second-order valence-corrected chi connectivity index (χ2v) is 5.08. The lowest BCUT2D eigenvalue weighted by Gasteiger charge is -2.05. The van der Waals surface area contributed by atoms with Crippen LogP contribution in [0.3, 0.4) is 0 Å².